The second kappa shape index (κ2) is 5.28. The average Bonchev–Trinajstić information content (AvgIpc) is 2.77. The van der Waals surface area contributed by atoms with E-state index in [1.54, 1.807) is 18.2 Å². The van der Waals surface area contributed by atoms with Crippen LogP contribution < -0.4 is 0 Å². The molecule has 0 bridgehead atoms. The van der Waals surface area contributed by atoms with E-state index in [4.69, 9.17) is 23.2 Å². The Morgan fingerprint density at radius 3 is 2.11 bits per heavy atom. The molecule has 1 aromatic carbocycles. The van der Waals surface area contributed by atoms with Gasteiger partial charge in [-0.15, -0.1) is 11.3 Å². The van der Waals surface area contributed by atoms with Crippen molar-refractivity contribution >= 4 is 40.3 Å². The Bertz CT molecular complexity index is 603. The lowest BCUT2D eigenvalue weighted by molar-refractivity contribution is 0.104. The number of halogens is 2. The van der Waals surface area contributed by atoms with Crippen LogP contribution in [0, 0.1) is 0 Å². The van der Waals surface area contributed by atoms with Crippen LogP contribution in [-0.4, -0.2) is 5.78 Å². The minimum absolute atomic E-state index is 0.0352. The lowest BCUT2D eigenvalue weighted by Crippen LogP contribution is -2.08. The van der Waals surface area contributed by atoms with E-state index in [-0.39, 0.29) is 11.2 Å². The largest absolute Gasteiger partial charge is 0.288 e. The van der Waals surface area contributed by atoms with Crippen molar-refractivity contribution in [1.82, 2.24) is 0 Å². The zero-order valence-electron chi connectivity index (χ0n) is 11.0. The standard InChI is InChI=1S/C15H14Cl2OS/c1-15(2,3)12-8-7-11(19-12)14(18)13-9(16)5-4-6-10(13)17/h4-8H,1-3H3. The van der Waals surface area contributed by atoms with Crippen LogP contribution in [0.3, 0.4) is 0 Å². The maximum Gasteiger partial charge on any atom is 0.205 e. The van der Waals surface area contributed by atoms with Crippen LogP contribution in [0.2, 0.25) is 10.0 Å². The zero-order chi connectivity index (χ0) is 14.2. The fourth-order valence-corrected chi connectivity index (χ4v) is 3.28. The molecule has 0 spiro atoms. The molecule has 0 fully saturated rings. The maximum atomic E-state index is 12.5. The number of hydrogen-bond acceptors (Lipinski definition) is 2. The number of rotatable bonds is 2. The van der Waals surface area contributed by atoms with Gasteiger partial charge in [0.1, 0.15) is 0 Å². The van der Waals surface area contributed by atoms with Crippen LogP contribution in [-0.2, 0) is 5.41 Å². The van der Waals surface area contributed by atoms with E-state index in [0.29, 0.717) is 20.5 Å². The first-order valence-corrected chi connectivity index (χ1v) is 7.47. The van der Waals surface area contributed by atoms with E-state index in [1.807, 2.05) is 12.1 Å². The Hall–Kier alpha value is -0.830. The van der Waals surface area contributed by atoms with E-state index in [1.165, 1.54) is 16.2 Å². The van der Waals surface area contributed by atoms with Crippen LogP contribution in [0.15, 0.2) is 30.3 Å². The smallest absolute Gasteiger partial charge is 0.205 e. The van der Waals surface area contributed by atoms with Gasteiger partial charge >= 0.3 is 0 Å². The number of ketones is 1. The Balaban J connectivity index is 2.43. The number of carbonyl (C=O) groups excluding carboxylic acids is 1. The van der Waals surface area contributed by atoms with Gasteiger partial charge in [-0.2, -0.15) is 0 Å². The lowest BCUT2D eigenvalue weighted by atomic mass is 9.95. The van der Waals surface area contributed by atoms with Crippen LogP contribution >= 0.6 is 34.5 Å². The topological polar surface area (TPSA) is 17.1 Å². The molecule has 0 radical (unpaired) electrons. The summed E-state index contributed by atoms with van der Waals surface area (Å²) in [6.45, 7) is 6.36. The summed E-state index contributed by atoms with van der Waals surface area (Å²) in [4.78, 5) is 14.3. The Morgan fingerprint density at radius 1 is 1.05 bits per heavy atom. The second-order valence-corrected chi connectivity index (χ2v) is 7.24. The third-order valence-electron chi connectivity index (χ3n) is 2.76. The predicted molar refractivity (Wildman–Crippen MR) is 82.9 cm³/mol. The molecule has 4 heteroatoms. The summed E-state index contributed by atoms with van der Waals surface area (Å²) in [6, 6.07) is 8.92. The van der Waals surface area contributed by atoms with Crippen molar-refractivity contribution in [2.75, 3.05) is 0 Å². The molecule has 0 saturated carbocycles. The first-order chi connectivity index (χ1) is 8.80. The molecule has 0 aliphatic carbocycles. The van der Waals surface area contributed by atoms with E-state index in [2.05, 4.69) is 20.8 Å². The predicted octanol–water partition coefficient (Wildman–Crippen LogP) is 5.58. The normalized spacial score (nSPS) is 11.6. The van der Waals surface area contributed by atoms with Gasteiger partial charge in [0.25, 0.3) is 0 Å². The Kier molecular flexibility index (Phi) is 4.05. The summed E-state index contributed by atoms with van der Waals surface area (Å²) in [6.07, 6.45) is 0. The summed E-state index contributed by atoms with van der Waals surface area (Å²) < 4.78 is 0. The van der Waals surface area contributed by atoms with Crippen LogP contribution in [0.5, 0.6) is 0 Å². The molecule has 1 aromatic heterocycles. The van der Waals surface area contributed by atoms with Gasteiger partial charge in [0.15, 0.2) is 0 Å². The third-order valence-corrected chi connectivity index (χ3v) is 4.90. The molecule has 0 N–H and O–H groups in total. The van der Waals surface area contributed by atoms with Crippen molar-refractivity contribution in [3.8, 4) is 0 Å². The highest BCUT2D eigenvalue weighted by Gasteiger charge is 2.21. The number of thiophene rings is 1. The van der Waals surface area contributed by atoms with Gasteiger partial charge in [-0.3, -0.25) is 4.79 Å². The summed E-state index contributed by atoms with van der Waals surface area (Å²) in [5.41, 5.74) is 0.418. The van der Waals surface area contributed by atoms with Gasteiger partial charge in [-0.25, -0.2) is 0 Å². The monoisotopic (exact) mass is 312 g/mol. The molecule has 1 heterocycles. The van der Waals surface area contributed by atoms with Gasteiger partial charge in [0, 0.05) is 4.88 Å². The number of carbonyl (C=O) groups is 1. The summed E-state index contributed by atoms with van der Waals surface area (Å²) in [5, 5.41) is 0.784. The molecular formula is C15H14Cl2OS. The number of benzene rings is 1. The molecule has 0 unspecified atom stereocenters. The SMILES string of the molecule is CC(C)(C)c1ccc(C(=O)c2c(Cl)cccc2Cl)s1. The minimum atomic E-state index is -0.115. The fourth-order valence-electron chi connectivity index (χ4n) is 1.70. The molecule has 0 saturated heterocycles. The van der Waals surface area contributed by atoms with Crippen LogP contribution in [0.1, 0.15) is 40.9 Å². The highest BCUT2D eigenvalue weighted by Crippen LogP contribution is 2.33. The molecule has 100 valence electrons. The van der Waals surface area contributed by atoms with Crippen molar-refractivity contribution in [3.63, 3.8) is 0 Å². The van der Waals surface area contributed by atoms with E-state index in [0.717, 1.165) is 0 Å². The van der Waals surface area contributed by atoms with E-state index < -0.39 is 0 Å². The van der Waals surface area contributed by atoms with Gasteiger partial charge in [0.2, 0.25) is 5.78 Å². The van der Waals surface area contributed by atoms with E-state index >= 15 is 0 Å². The Morgan fingerprint density at radius 2 is 1.63 bits per heavy atom. The molecule has 2 rings (SSSR count). The number of hydrogen-bond donors (Lipinski definition) is 0. The molecule has 19 heavy (non-hydrogen) atoms. The fraction of sp³-hybridized carbons (Fsp3) is 0.267. The van der Waals surface area contributed by atoms with E-state index in [9.17, 15) is 4.79 Å². The maximum absolute atomic E-state index is 12.5. The van der Waals surface area contributed by atoms with Crippen molar-refractivity contribution in [2.45, 2.75) is 26.2 Å². The van der Waals surface area contributed by atoms with Gasteiger partial charge in [0.05, 0.1) is 20.5 Å². The molecule has 0 aliphatic rings. The lowest BCUT2D eigenvalue weighted by Gasteiger charge is -2.15. The minimum Gasteiger partial charge on any atom is -0.288 e. The first-order valence-electron chi connectivity index (χ1n) is 5.90. The molecule has 0 amide bonds. The van der Waals surface area contributed by atoms with Crippen molar-refractivity contribution in [3.05, 3.63) is 55.7 Å². The second-order valence-electron chi connectivity index (χ2n) is 5.34. The Labute approximate surface area is 127 Å². The zero-order valence-corrected chi connectivity index (χ0v) is 13.3. The van der Waals surface area contributed by atoms with Gasteiger partial charge < -0.3 is 0 Å². The summed E-state index contributed by atoms with van der Waals surface area (Å²) in [7, 11) is 0. The highest BCUT2D eigenvalue weighted by atomic mass is 35.5. The molecule has 2 aromatic rings. The van der Waals surface area contributed by atoms with Gasteiger partial charge in [-0.05, 0) is 29.7 Å². The van der Waals surface area contributed by atoms with Crippen molar-refractivity contribution in [2.24, 2.45) is 0 Å². The quantitative estimate of drug-likeness (QED) is 0.661. The van der Waals surface area contributed by atoms with Crippen molar-refractivity contribution < 1.29 is 4.79 Å². The molecule has 0 aliphatic heterocycles. The molecular weight excluding hydrogens is 299 g/mol. The molecule has 1 nitrogen and oxygen atoms in total. The third kappa shape index (κ3) is 3.02. The summed E-state index contributed by atoms with van der Waals surface area (Å²) >= 11 is 13.6. The average molecular weight is 313 g/mol. The van der Waals surface area contributed by atoms with Crippen LogP contribution in [0.4, 0.5) is 0 Å². The van der Waals surface area contributed by atoms with Crippen LogP contribution in [0.25, 0.3) is 0 Å². The first kappa shape index (κ1) is 14.6. The van der Waals surface area contributed by atoms with Gasteiger partial charge in [-0.1, -0.05) is 50.0 Å². The van der Waals surface area contributed by atoms with Crippen molar-refractivity contribution in [1.29, 1.82) is 0 Å². The molecule has 0 atom stereocenters. The summed E-state index contributed by atoms with van der Waals surface area (Å²) in [5.74, 6) is -0.115. The highest BCUT2D eigenvalue weighted by molar-refractivity contribution is 7.14.